The lowest BCUT2D eigenvalue weighted by molar-refractivity contribution is -0.384. The van der Waals surface area contributed by atoms with Crippen molar-refractivity contribution in [2.45, 2.75) is 13.8 Å². The summed E-state index contributed by atoms with van der Waals surface area (Å²) in [6, 6.07) is 2.62. The lowest BCUT2D eigenvalue weighted by atomic mass is 10.2. The van der Waals surface area contributed by atoms with Crippen LogP contribution in [0.2, 0.25) is 5.02 Å². The van der Waals surface area contributed by atoms with Gasteiger partial charge in [0.2, 0.25) is 0 Å². The summed E-state index contributed by atoms with van der Waals surface area (Å²) in [5.74, 6) is 0. The van der Waals surface area contributed by atoms with Crippen molar-refractivity contribution in [3.8, 4) is 0 Å². The number of nitro benzene ring substituents is 1. The largest absolute Gasteiger partial charge is 0.450 e. The Balaban J connectivity index is 2.99. The molecular formula is C10H11ClN2O4. The van der Waals surface area contributed by atoms with Gasteiger partial charge in [-0.3, -0.25) is 15.4 Å². The monoisotopic (exact) mass is 258 g/mol. The Labute approximate surface area is 103 Å². The summed E-state index contributed by atoms with van der Waals surface area (Å²) >= 11 is 5.72. The van der Waals surface area contributed by atoms with Crippen molar-refractivity contribution in [3.05, 3.63) is 32.8 Å². The third-order valence-corrected chi connectivity index (χ3v) is 2.31. The quantitative estimate of drug-likeness (QED) is 0.667. The lowest BCUT2D eigenvalue weighted by Gasteiger charge is -2.08. The van der Waals surface area contributed by atoms with Crippen LogP contribution in [0.15, 0.2) is 12.1 Å². The Morgan fingerprint density at radius 1 is 1.59 bits per heavy atom. The molecule has 0 aromatic heterocycles. The smallest absolute Gasteiger partial charge is 0.411 e. The van der Waals surface area contributed by atoms with Crippen molar-refractivity contribution in [1.82, 2.24) is 0 Å². The van der Waals surface area contributed by atoms with Crippen molar-refractivity contribution in [1.29, 1.82) is 0 Å². The van der Waals surface area contributed by atoms with Gasteiger partial charge >= 0.3 is 6.09 Å². The number of anilines is 1. The summed E-state index contributed by atoms with van der Waals surface area (Å²) in [7, 11) is 0. The number of rotatable bonds is 3. The molecule has 92 valence electrons. The molecule has 7 heteroatoms. The molecule has 0 unspecified atom stereocenters. The number of halogens is 1. The van der Waals surface area contributed by atoms with Crippen LogP contribution < -0.4 is 5.32 Å². The van der Waals surface area contributed by atoms with Crippen molar-refractivity contribution in [2.24, 2.45) is 0 Å². The normalized spacial score (nSPS) is 9.82. The average molecular weight is 259 g/mol. The molecule has 0 atom stereocenters. The molecule has 17 heavy (non-hydrogen) atoms. The molecule has 0 aliphatic carbocycles. The van der Waals surface area contributed by atoms with Crippen molar-refractivity contribution in [3.63, 3.8) is 0 Å². The van der Waals surface area contributed by atoms with Gasteiger partial charge in [-0.15, -0.1) is 0 Å². The highest BCUT2D eigenvalue weighted by Gasteiger charge is 2.16. The number of carbonyl (C=O) groups excluding carboxylic acids is 1. The molecule has 0 bridgehead atoms. The summed E-state index contributed by atoms with van der Waals surface area (Å²) in [5.41, 5.74) is 0.728. The maximum absolute atomic E-state index is 11.2. The Bertz CT molecular complexity index is 462. The number of benzene rings is 1. The molecule has 0 aliphatic heterocycles. The first-order chi connectivity index (χ1) is 7.95. The number of amides is 1. The second-order valence-electron chi connectivity index (χ2n) is 3.22. The van der Waals surface area contributed by atoms with Gasteiger partial charge in [-0.1, -0.05) is 11.6 Å². The van der Waals surface area contributed by atoms with Crippen LogP contribution in [0.3, 0.4) is 0 Å². The van der Waals surface area contributed by atoms with E-state index in [2.05, 4.69) is 5.32 Å². The van der Waals surface area contributed by atoms with Gasteiger partial charge in [-0.05, 0) is 25.5 Å². The summed E-state index contributed by atoms with van der Waals surface area (Å²) in [4.78, 5) is 21.2. The Morgan fingerprint density at radius 3 is 2.76 bits per heavy atom. The van der Waals surface area contributed by atoms with Gasteiger partial charge in [0.15, 0.2) is 0 Å². The summed E-state index contributed by atoms with van der Waals surface area (Å²) in [6.07, 6.45) is -0.625. The summed E-state index contributed by atoms with van der Waals surface area (Å²) in [5, 5.41) is 13.0. The molecule has 0 radical (unpaired) electrons. The predicted molar refractivity (Wildman–Crippen MR) is 63.5 cm³/mol. The number of nitrogens with zero attached hydrogens (tertiary/aromatic N) is 1. The van der Waals surface area contributed by atoms with E-state index in [1.165, 1.54) is 12.1 Å². The number of hydrogen-bond acceptors (Lipinski definition) is 4. The highest BCUT2D eigenvalue weighted by molar-refractivity contribution is 6.33. The molecule has 6 nitrogen and oxygen atoms in total. The SMILES string of the molecule is CCOC(=O)Nc1cc(Cl)c([N+](=O)[O-])cc1C. The van der Waals surface area contributed by atoms with E-state index in [-0.39, 0.29) is 17.3 Å². The first kappa shape index (κ1) is 13.2. The number of hydrogen-bond donors (Lipinski definition) is 1. The van der Waals surface area contributed by atoms with E-state index in [1.807, 2.05) is 0 Å². The van der Waals surface area contributed by atoms with Crippen LogP contribution in [-0.4, -0.2) is 17.6 Å². The Kier molecular flexibility index (Phi) is 4.28. The summed E-state index contributed by atoms with van der Waals surface area (Å²) < 4.78 is 4.69. The number of ether oxygens (including phenoxy) is 1. The zero-order valence-corrected chi connectivity index (χ0v) is 10.1. The average Bonchev–Trinajstić information content (AvgIpc) is 2.22. The van der Waals surface area contributed by atoms with Crippen molar-refractivity contribution in [2.75, 3.05) is 11.9 Å². The van der Waals surface area contributed by atoms with E-state index in [1.54, 1.807) is 13.8 Å². The van der Waals surface area contributed by atoms with Crippen molar-refractivity contribution >= 4 is 29.1 Å². The topological polar surface area (TPSA) is 81.5 Å². The van der Waals surface area contributed by atoms with E-state index < -0.39 is 11.0 Å². The molecule has 0 heterocycles. The number of carbonyl (C=O) groups is 1. The van der Waals surface area contributed by atoms with Crippen LogP contribution >= 0.6 is 11.6 Å². The maximum Gasteiger partial charge on any atom is 0.411 e. The maximum atomic E-state index is 11.2. The minimum absolute atomic E-state index is 0.0348. The zero-order valence-electron chi connectivity index (χ0n) is 9.32. The molecule has 1 aromatic rings. The third-order valence-electron chi connectivity index (χ3n) is 2.00. The molecular weight excluding hydrogens is 248 g/mol. The minimum atomic E-state index is -0.625. The van der Waals surface area contributed by atoms with E-state index in [9.17, 15) is 14.9 Å². The molecule has 1 rings (SSSR count). The highest BCUT2D eigenvalue weighted by atomic mass is 35.5. The van der Waals surface area contributed by atoms with E-state index in [0.29, 0.717) is 11.3 Å². The molecule has 0 saturated carbocycles. The third kappa shape index (κ3) is 3.32. The second kappa shape index (κ2) is 5.49. The Morgan fingerprint density at radius 2 is 2.24 bits per heavy atom. The van der Waals surface area contributed by atoms with Gasteiger partial charge in [0.05, 0.1) is 11.5 Å². The zero-order chi connectivity index (χ0) is 13.0. The molecule has 0 spiro atoms. The fourth-order valence-corrected chi connectivity index (χ4v) is 1.45. The number of aryl methyl sites for hydroxylation is 1. The summed E-state index contributed by atoms with van der Waals surface area (Å²) in [6.45, 7) is 3.55. The standard InChI is InChI=1S/C10H11ClN2O4/c1-3-17-10(14)12-8-5-7(11)9(13(15)16)4-6(8)2/h4-5H,3H2,1-2H3,(H,12,14). The Hall–Kier alpha value is -1.82. The van der Waals surface area contributed by atoms with Crippen LogP contribution in [0.4, 0.5) is 16.2 Å². The van der Waals surface area contributed by atoms with Crippen LogP contribution in [0.25, 0.3) is 0 Å². The van der Waals surface area contributed by atoms with Gasteiger partial charge < -0.3 is 4.74 Å². The molecule has 0 saturated heterocycles. The van der Waals surface area contributed by atoms with E-state index >= 15 is 0 Å². The molecule has 1 aromatic carbocycles. The fourth-order valence-electron chi connectivity index (χ4n) is 1.22. The van der Waals surface area contributed by atoms with Gasteiger partial charge in [0.1, 0.15) is 5.02 Å². The molecule has 0 fully saturated rings. The van der Waals surface area contributed by atoms with Crippen molar-refractivity contribution < 1.29 is 14.5 Å². The molecule has 0 aliphatic rings. The highest BCUT2D eigenvalue weighted by Crippen LogP contribution is 2.30. The first-order valence-corrected chi connectivity index (χ1v) is 5.21. The number of nitrogens with one attached hydrogen (secondary N) is 1. The van der Waals surface area contributed by atoms with Gasteiger partial charge in [-0.2, -0.15) is 0 Å². The van der Waals surface area contributed by atoms with Gasteiger partial charge in [0.25, 0.3) is 5.69 Å². The fraction of sp³-hybridized carbons (Fsp3) is 0.300. The van der Waals surface area contributed by atoms with Gasteiger partial charge in [0, 0.05) is 11.8 Å². The van der Waals surface area contributed by atoms with E-state index in [4.69, 9.17) is 16.3 Å². The van der Waals surface area contributed by atoms with Crippen LogP contribution in [0, 0.1) is 17.0 Å². The van der Waals surface area contributed by atoms with Crippen LogP contribution in [-0.2, 0) is 4.74 Å². The van der Waals surface area contributed by atoms with Gasteiger partial charge in [-0.25, -0.2) is 4.79 Å². The van der Waals surface area contributed by atoms with E-state index in [0.717, 1.165) is 0 Å². The second-order valence-corrected chi connectivity index (χ2v) is 3.63. The van der Waals surface area contributed by atoms with Crippen LogP contribution in [0.1, 0.15) is 12.5 Å². The van der Waals surface area contributed by atoms with Crippen LogP contribution in [0.5, 0.6) is 0 Å². The molecule has 1 amide bonds. The predicted octanol–water partition coefficient (Wildman–Crippen LogP) is 3.13. The first-order valence-electron chi connectivity index (χ1n) is 4.84. The molecule has 1 N–H and O–H groups in total. The lowest BCUT2D eigenvalue weighted by Crippen LogP contribution is -2.14. The number of nitro groups is 1. The minimum Gasteiger partial charge on any atom is -0.450 e.